The van der Waals surface area contributed by atoms with Gasteiger partial charge in [0, 0.05) is 6.04 Å². The minimum atomic E-state index is -0.511. The number of carbonyl (C=O) groups excluding carboxylic acids is 1. The fraction of sp³-hybridized carbons (Fsp3) is 0.647. The van der Waals surface area contributed by atoms with Crippen molar-refractivity contribution in [1.29, 1.82) is 0 Å². The zero-order valence-corrected chi connectivity index (χ0v) is 14.0. The van der Waals surface area contributed by atoms with Crippen LogP contribution < -0.4 is 10.6 Å². The molecule has 0 aromatic carbocycles. The predicted molar refractivity (Wildman–Crippen MR) is 89.1 cm³/mol. The van der Waals surface area contributed by atoms with Crippen LogP contribution >= 0.6 is 0 Å². The third-order valence-electron chi connectivity index (χ3n) is 3.72. The highest BCUT2D eigenvalue weighted by molar-refractivity contribution is 5.83. The van der Waals surface area contributed by atoms with Crippen LogP contribution in [0.15, 0.2) is 18.3 Å². The SMILES string of the molecule is CC(CC1CCC1)Nc1ccc(NC(=O)OC(C)(C)C)nc1. The third-order valence-corrected chi connectivity index (χ3v) is 3.72. The molecule has 1 amide bonds. The van der Waals surface area contributed by atoms with Crippen molar-refractivity contribution in [2.45, 2.75) is 65.0 Å². The highest BCUT2D eigenvalue weighted by Crippen LogP contribution is 2.31. The number of hydrogen-bond acceptors (Lipinski definition) is 4. The van der Waals surface area contributed by atoms with Gasteiger partial charge in [0.15, 0.2) is 0 Å². The lowest BCUT2D eigenvalue weighted by Gasteiger charge is -2.28. The number of nitrogens with zero attached hydrogens (tertiary/aromatic N) is 1. The van der Waals surface area contributed by atoms with Crippen molar-refractivity contribution < 1.29 is 9.53 Å². The van der Waals surface area contributed by atoms with Gasteiger partial charge in [-0.25, -0.2) is 9.78 Å². The third kappa shape index (κ3) is 5.54. The van der Waals surface area contributed by atoms with Crippen LogP contribution in [0.25, 0.3) is 0 Å². The number of hydrogen-bond donors (Lipinski definition) is 2. The Bertz CT molecular complexity index is 490. The second kappa shape index (κ2) is 6.99. The molecule has 1 atom stereocenters. The molecular weight excluding hydrogens is 278 g/mol. The molecular formula is C17H27N3O2. The monoisotopic (exact) mass is 305 g/mol. The van der Waals surface area contributed by atoms with Gasteiger partial charge in [-0.15, -0.1) is 0 Å². The molecule has 0 saturated heterocycles. The first-order chi connectivity index (χ1) is 10.3. The maximum absolute atomic E-state index is 11.7. The molecule has 1 aromatic rings. The molecule has 0 radical (unpaired) electrons. The van der Waals surface area contributed by atoms with Crippen LogP contribution in [0.4, 0.5) is 16.3 Å². The number of pyridine rings is 1. The molecule has 1 saturated carbocycles. The molecule has 22 heavy (non-hydrogen) atoms. The Morgan fingerprint density at radius 3 is 2.64 bits per heavy atom. The Kier molecular flexibility index (Phi) is 5.27. The van der Waals surface area contributed by atoms with E-state index in [1.54, 1.807) is 12.3 Å². The van der Waals surface area contributed by atoms with Crippen molar-refractivity contribution in [2.24, 2.45) is 5.92 Å². The lowest BCUT2D eigenvalue weighted by atomic mass is 9.81. The van der Waals surface area contributed by atoms with Crippen LogP contribution in [0.5, 0.6) is 0 Å². The number of carbonyl (C=O) groups is 1. The fourth-order valence-corrected chi connectivity index (χ4v) is 2.53. The van der Waals surface area contributed by atoms with Crippen LogP contribution in [0.1, 0.15) is 53.4 Å². The highest BCUT2D eigenvalue weighted by atomic mass is 16.6. The van der Waals surface area contributed by atoms with Gasteiger partial charge in [-0.05, 0) is 52.2 Å². The van der Waals surface area contributed by atoms with Crippen molar-refractivity contribution in [3.63, 3.8) is 0 Å². The van der Waals surface area contributed by atoms with E-state index in [2.05, 4.69) is 22.5 Å². The standard InChI is InChI=1S/C17H27N3O2/c1-12(10-13-6-5-7-13)19-14-8-9-15(18-11-14)20-16(21)22-17(2,3)4/h8-9,11-13,19H,5-7,10H2,1-4H3,(H,18,20,21). The van der Waals surface area contributed by atoms with Crippen LogP contribution in [-0.2, 0) is 4.74 Å². The number of rotatable bonds is 5. The lowest BCUT2D eigenvalue weighted by Crippen LogP contribution is -2.27. The Balaban J connectivity index is 1.80. The second-order valence-electron chi connectivity index (χ2n) is 7.14. The molecule has 1 unspecified atom stereocenters. The molecule has 5 nitrogen and oxygen atoms in total. The average molecular weight is 305 g/mol. The van der Waals surface area contributed by atoms with Crippen molar-refractivity contribution in [2.75, 3.05) is 10.6 Å². The Morgan fingerprint density at radius 1 is 1.41 bits per heavy atom. The predicted octanol–water partition coefficient (Wildman–Crippen LogP) is 4.42. The van der Waals surface area contributed by atoms with E-state index >= 15 is 0 Å². The summed E-state index contributed by atoms with van der Waals surface area (Å²) in [6, 6.07) is 4.15. The average Bonchev–Trinajstić information content (AvgIpc) is 2.34. The molecule has 2 rings (SSSR count). The first-order valence-electron chi connectivity index (χ1n) is 8.04. The topological polar surface area (TPSA) is 63.2 Å². The minimum Gasteiger partial charge on any atom is -0.444 e. The van der Waals surface area contributed by atoms with E-state index in [1.165, 1.54) is 25.7 Å². The summed E-state index contributed by atoms with van der Waals surface area (Å²) in [5.41, 5.74) is 0.462. The Morgan fingerprint density at radius 2 is 2.14 bits per heavy atom. The van der Waals surface area contributed by atoms with E-state index in [0.29, 0.717) is 11.9 Å². The molecule has 1 fully saturated rings. The van der Waals surface area contributed by atoms with Gasteiger partial charge >= 0.3 is 6.09 Å². The molecule has 1 aliphatic rings. The quantitative estimate of drug-likeness (QED) is 0.845. The number of anilines is 2. The summed E-state index contributed by atoms with van der Waals surface area (Å²) in [7, 11) is 0. The smallest absolute Gasteiger partial charge is 0.413 e. The second-order valence-corrected chi connectivity index (χ2v) is 7.14. The molecule has 5 heteroatoms. The Labute approximate surface area is 132 Å². The zero-order valence-electron chi connectivity index (χ0n) is 14.0. The molecule has 2 N–H and O–H groups in total. The van der Waals surface area contributed by atoms with Gasteiger partial charge in [-0.1, -0.05) is 19.3 Å². The molecule has 1 aliphatic carbocycles. The van der Waals surface area contributed by atoms with Crippen LogP contribution in [0.3, 0.4) is 0 Å². The van der Waals surface area contributed by atoms with Gasteiger partial charge in [0.2, 0.25) is 0 Å². The van der Waals surface area contributed by atoms with Gasteiger partial charge < -0.3 is 10.1 Å². The van der Waals surface area contributed by atoms with Crippen LogP contribution in [-0.4, -0.2) is 22.7 Å². The Hall–Kier alpha value is -1.78. The van der Waals surface area contributed by atoms with Crippen LogP contribution in [0, 0.1) is 5.92 Å². The number of amides is 1. The molecule has 0 aliphatic heterocycles. The zero-order chi connectivity index (χ0) is 16.2. The molecule has 0 spiro atoms. The van der Waals surface area contributed by atoms with Gasteiger partial charge in [-0.3, -0.25) is 5.32 Å². The first kappa shape index (κ1) is 16.6. The van der Waals surface area contributed by atoms with Gasteiger partial charge in [0.1, 0.15) is 11.4 Å². The maximum Gasteiger partial charge on any atom is 0.413 e. The normalized spacial score (nSPS) is 16.5. The number of aromatic nitrogens is 1. The van der Waals surface area contributed by atoms with Crippen LogP contribution in [0.2, 0.25) is 0 Å². The maximum atomic E-state index is 11.7. The summed E-state index contributed by atoms with van der Waals surface area (Å²) in [5, 5.41) is 6.08. The van der Waals surface area contributed by atoms with Gasteiger partial charge in [-0.2, -0.15) is 0 Å². The summed E-state index contributed by atoms with van der Waals surface area (Å²) in [4.78, 5) is 15.9. The summed E-state index contributed by atoms with van der Waals surface area (Å²) < 4.78 is 5.19. The van der Waals surface area contributed by atoms with Gasteiger partial charge in [0.25, 0.3) is 0 Å². The minimum absolute atomic E-state index is 0.441. The molecule has 0 bridgehead atoms. The molecule has 1 aromatic heterocycles. The first-order valence-corrected chi connectivity index (χ1v) is 8.04. The molecule has 1 heterocycles. The fourth-order valence-electron chi connectivity index (χ4n) is 2.53. The largest absolute Gasteiger partial charge is 0.444 e. The van der Waals surface area contributed by atoms with Crippen molar-refractivity contribution in [3.05, 3.63) is 18.3 Å². The van der Waals surface area contributed by atoms with E-state index in [-0.39, 0.29) is 0 Å². The van der Waals surface area contributed by atoms with Gasteiger partial charge in [0.05, 0.1) is 11.9 Å². The van der Waals surface area contributed by atoms with Crippen molar-refractivity contribution in [3.8, 4) is 0 Å². The summed E-state index contributed by atoms with van der Waals surface area (Å²) >= 11 is 0. The van der Waals surface area contributed by atoms with Crippen molar-refractivity contribution >= 4 is 17.6 Å². The van der Waals surface area contributed by atoms with E-state index in [1.807, 2.05) is 26.8 Å². The van der Waals surface area contributed by atoms with Crippen molar-refractivity contribution in [1.82, 2.24) is 4.98 Å². The number of ether oxygens (including phenoxy) is 1. The van der Waals surface area contributed by atoms with E-state index in [9.17, 15) is 4.79 Å². The summed E-state index contributed by atoms with van der Waals surface area (Å²) in [6.07, 6.45) is 6.57. The summed E-state index contributed by atoms with van der Waals surface area (Å²) in [6.45, 7) is 7.69. The number of nitrogens with one attached hydrogen (secondary N) is 2. The highest BCUT2D eigenvalue weighted by Gasteiger charge is 2.20. The summed E-state index contributed by atoms with van der Waals surface area (Å²) in [5.74, 6) is 1.37. The van der Waals surface area contributed by atoms with E-state index < -0.39 is 11.7 Å². The lowest BCUT2D eigenvalue weighted by molar-refractivity contribution is 0.0635. The van der Waals surface area contributed by atoms with E-state index in [4.69, 9.17) is 4.74 Å². The van der Waals surface area contributed by atoms with E-state index in [0.717, 1.165) is 11.6 Å². The molecule has 122 valence electrons.